The molecule has 0 aliphatic carbocycles. The molecule has 0 saturated carbocycles. The van der Waals surface area contributed by atoms with Crippen molar-refractivity contribution >= 4 is 28.8 Å². The highest BCUT2D eigenvalue weighted by Gasteiger charge is 2.31. The summed E-state index contributed by atoms with van der Waals surface area (Å²) in [5, 5.41) is 2.87. The van der Waals surface area contributed by atoms with E-state index in [-0.39, 0.29) is 11.8 Å². The molecular formula is C15H15N3O2S. The number of fused-ring (bicyclic) bond motifs is 1. The van der Waals surface area contributed by atoms with Crippen molar-refractivity contribution in [3.63, 3.8) is 0 Å². The molecule has 21 heavy (non-hydrogen) atoms. The number of nitrogens with zero attached hydrogens (tertiary/aromatic N) is 2. The number of nitrogens with one attached hydrogen (secondary N) is 1. The number of hydrogen-bond acceptors (Lipinski definition) is 4. The monoisotopic (exact) mass is 301 g/mol. The molecule has 108 valence electrons. The van der Waals surface area contributed by atoms with Gasteiger partial charge < -0.3 is 10.2 Å². The molecule has 1 aromatic heterocycles. The summed E-state index contributed by atoms with van der Waals surface area (Å²) in [5.41, 5.74) is 4.06. The first-order valence-corrected chi connectivity index (χ1v) is 7.55. The van der Waals surface area contributed by atoms with Gasteiger partial charge in [0.15, 0.2) is 0 Å². The van der Waals surface area contributed by atoms with E-state index in [9.17, 15) is 9.59 Å². The average molecular weight is 301 g/mol. The smallest absolute Gasteiger partial charge is 0.266 e. The van der Waals surface area contributed by atoms with Crippen molar-refractivity contribution in [1.82, 2.24) is 9.88 Å². The van der Waals surface area contributed by atoms with Gasteiger partial charge >= 0.3 is 0 Å². The molecule has 3 rings (SSSR count). The van der Waals surface area contributed by atoms with Crippen molar-refractivity contribution in [2.24, 2.45) is 0 Å². The fourth-order valence-corrected chi connectivity index (χ4v) is 3.12. The van der Waals surface area contributed by atoms with Crippen LogP contribution in [-0.4, -0.2) is 27.7 Å². The quantitative estimate of drug-likeness (QED) is 0.880. The number of amides is 2. The summed E-state index contributed by atoms with van der Waals surface area (Å²) in [7, 11) is 0. The highest BCUT2D eigenvalue weighted by atomic mass is 32.1. The normalized spacial score (nSPS) is 17.9. The van der Waals surface area contributed by atoms with Gasteiger partial charge in [0.2, 0.25) is 5.91 Å². The van der Waals surface area contributed by atoms with Crippen molar-refractivity contribution in [3.05, 3.63) is 45.9 Å². The van der Waals surface area contributed by atoms with E-state index in [1.165, 1.54) is 11.3 Å². The molecular weight excluding hydrogens is 286 g/mol. The van der Waals surface area contributed by atoms with E-state index in [0.29, 0.717) is 17.1 Å². The third-order valence-corrected chi connectivity index (χ3v) is 4.58. The lowest BCUT2D eigenvalue weighted by atomic mass is 10.1. The standard InChI is InChI=1S/C15H15N3O2S/c1-9-13(21-8-16-9)15(20)18-7-11-5-3-4-6-12(11)17-14(19)10(18)2/h3-6,8,10H,7H2,1-2H3,(H,17,19). The lowest BCUT2D eigenvalue weighted by Crippen LogP contribution is -2.43. The van der Waals surface area contributed by atoms with E-state index in [4.69, 9.17) is 0 Å². The molecule has 2 amide bonds. The van der Waals surface area contributed by atoms with Gasteiger partial charge in [-0.3, -0.25) is 9.59 Å². The van der Waals surface area contributed by atoms with Crippen LogP contribution in [0.2, 0.25) is 0 Å². The molecule has 6 heteroatoms. The predicted octanol–water partition coefficient (Wildman–Crippen LogP) is 2.43. The van der Waals surface area contributed by atoms with Gasteiger partial charge in [0.25, 0.3) is 5.91 Å². The Hall–Kier alpha value is -2.21. The summed E-state index contributed by atoms with van der Waals surface area (Å²) in [6, 6.07) is 7.03. The highest BCUT2D eigenvalue weighted by Crippen LogP contribution is 2.25. The summed E-state index contributed by atoms with van der Waals surface area (Å²) in [5.74, 6) is -0.315. The zero-order chi connectivity index (χ0) is 15.0. The van der Waals surface area contributed by atoms with Crippen LogP contribution >= 0.6 is 11.3 Å². The molecule has 1 aliphatic rings. The number of carbonyl (C=O) groups is 2. The van der Waals surface area contributed by atoms with Crippen LogP contribution in [0, 0.1) is 6.92 Å². The van der Waals surface area contributed by atoms with Crippen molar-refractivity contribution in [1.29, 1.82) is 0 Å². The second kappa shape index (κ2) is 5.29. The molecule has 0 bridgehead atoms. The van der Waals surface area contributed by atoms with E-state index >= 15 is 0 Å². The maximum atomic E-state index is 12.7. The number of aryl methyl sites for hydroxylation is 1. The lowest BCUT2D eigenvalue weighted by Gasteiger charge is -2.25. The Morgan fingerprint density at radius 2 is 2.19 bits per heavy atom. The van der Waals surface area contributed by atoms with E-state index < -0.39 is 6.04 Å². The Bertz CT molecular complexity index is 710. The van der Waals surface area contributed by atoms with Gasteiger partial charge in [0.1, 0.15) is 10.9 Å². The number of para-hydroxylation sites is 1. The molecule has 0 spiro atoms. The van der Waals surface area contributed by atoms with Gasteiger partial charge in [0, 0.05) is 12.2 Å². The van der Waals surface area contributed by atoms with Crippen molar-refractivity contribution < 1.29 is 9.59 Å². The van der Waals surface area contributed by atoms with Crippen molar-refractivity contribution in [2.45, 2.75) is 26.4 Å². The van der Waals surface area contributed by atoms with Gasteiger partial charge in [0.05, 0.1) is 11.2 Å². The molecule has 0 saturated heterocycles. The van der Waals surface area contributed by atoms with E-state index in [1.807, 2.05) is 24.3 Å². The minimum Gasteiger partial charge on any atom is -0.324 e. The first kappa shape index (κ1) is 13.8. The first-order valence-electron chi connectivity index (χ1n) is 6.67. The molecule has 1 atom stereocenters. The average Bonchev–Trinajstić information content (AvgIpc) is 2.85. The second-order valence-corrected chi connectivity index (χ2v) is 5.88. The number of thiazole rings is 1. The van der Waals surface area contributed by atoms with E-state index in [1.54, 1.807) is 24.3 Å². The predicted molar refractivity (Wildman–Crippen MR) is 81.3 cm³/mol. The summed E-state index contributed by atoms with van der Waals surface area (Å²) in [4.78, 5) is 31.3. The molecule has 5 nitrogen and oxygen atoms in total. The van der Waals surface area contributed by atoms with Crippen LogP contribution in [0.1, 0.15) is 27.9 Å². The highest BCUT2D eigenvalue weighted by molar-refractivity contribution is 7.11. The van der Waals surface area contributed by atoms with Gasteiger partial charge in [-0.1, -0.05) is 18.2 Å². The number of aromatic nitrogens is 1. The molecule has 1 aromatic carbocycles. The van der Waals surface area contributed by atoms with Crippen LogP contribution in [0.4, 0.5) is 5.69 Å². The summed E-state index contributed by atoms with van der Waals surface area (Å²) < 4.78 is 0. The molecule has 2 aromatic rings. The number of rotatable bonds is 1. The topological polar surface area (TPSA) is 62.3 Å². The largest absolute Gasteiger partial charge is 0.324 e. The number of carbonyl (C=O) groups excluding carboxylic acids is 2. The Balaban J connectivity index is 2.00. The molecule has 1 N–H and O–H groups in total. The molecule has 2 heterocycles. The fraction of sp³-hybridized carbons (Fsp3) is 0.267. The van der Waals surface area contributed by atoms with Gasteiger partial charge in [-0.15, -0.1) is 11.3 Å². The van der Waals surface area contributed by atoms with Crippen LogP contribution in [-0.2, 0) is 11.3 Å². The van der Waals surface area contributed by atoms with Crippen molar-refractivity contribution in [2.75, 3.05) is 5.32 Å². The van der Waals surface area contributed by atoms with Crippen LogP contribution in [0.15, 0.2) is 29.8 Å². The molecule has 1 unspecified atom stereocenters. The molecule has 1 aliphatic heterocycles. The Morgan fingerprint density at radius 3 is 2.90 bits per heavy atom. The van der Waals surface area contributed by atoms with Gasteiger partial charge in [-0.05, 0) is 25.5 Å². The van der Waals surface area contributed by atoms with E-state index in [2.05, 4.69) is 10.3 Å². The minimum absolute atomic E-state index is 0.144. The van der Waals surface area contributed by atoms with Crippen molar-refractivity contribution in [3.8, 4) is 0 Å². The fourth-order valence-electron chi connectivity index (χ4n) is 2.36. The Kier molecular flexibility index (Phi) is 3.47. The van der Waals surface area contributed by atoms with Crippen LogP contribution in [0.3, 0.4) is 0 Å². The van der Waals surface area contributed by atoms with Crippen LogP contribution in [0.25, 0.3) is 0 Å². The Labute approximate surface area is 126 Å². The summed E-state index contributed by atoms with van der Waals surface area (Å²) >= 11 is 1.31. The van der Waals surface area contributed by atoms with Crippen LogP contribution < -0.4 is 5.32 Å². The summed E-state index contributed by atoms with van der Waals surface area (Å²) in [6.45, 7) is 3.96. The third-order valence-electron chi connectivity index (χ3n) is 3.66. The third kappa shape index (κ3) is 2.42. The Morgan fingerprint density at radius 1 is 1.43 bits per heavy atom. The SMILES string of the molecule is Cc1ncsc1C(=O)N1Cc2ccccc2NC(=O)C1C. The maximum Gasteiger partial charge on any atom is 0.266 e. The zero-order valence-electron chi connectivity index (χ0n) is 11.8. The second-order valence-electron chi connectivity index (χ2n) is 5.02. The first-order chi connectivity index (χ1) is 10.1. The number of anilines is 1. The molecule has 0 radical (unpaired) electrons. The van der Waals surface area contributed by atoms with E-state index in [0.717, 1.165) is 11.3 Å². The minimum atomic E-state index is -0.522. The van der Waals surface area contributed by atoms with Crippen LogP contribution in [0.5, 0.6) is 0 Å². The maximum absolute atomic E-state index is 12.7. The summed E-state index contributed by atoms with van der Waals surface area (Å²) in [6.07, 6.45) is 0. The lowest BCUT2D eigenvalue weighted by molar-refractivity contribution is -0.119. The molecule has 0 fully saturated rings. The number of hydrogen-bond donors (Lipinski definition) is 1. The zero-order valence-corrected chi connectivity index (χ0v) is 12.6. The van der Waals surface area contributed by atoms with Gasteiger partial charge in [-0.2, -0.15) is 0 Å². The van der Waals surface area contributed by atoms with Gasteiger partial charge in [-0.25, -0.2) is 4.98 Å². The number of benzene rings is 1.